The average Bonchev–Trinajstić information content (AvgIpc) is 2.42. The minimum Gasteiger partial charge on any atom is -0.493 e. The molecule has 2 aromatic rings. The molecule has 1 unspecified atom stereocenters. The van der Waals surface area contributed by atoms with E-state index in [-0.39, 0.29) is 5.82 Å². The summed E-state index contributed by atoms with van der Waals surface area (Å²) in [5.41, 5.74) is 1.64. The molecule has 0 saturated carbocycles. The summed E-state index contributed by atoms with van der Waals surface area (Å²) in [6, 6.07) is 13.9. The molecular weight excluding hydrogens is 243 g/mol. The molecule has 0 aromatic heterocycles. The summed E-state index contributed by atoms with van der Waals surface area (Å²) in [6.45, 7) is 2.19. The Bertz CT molecular complexity index is 526. The summed E-state index contributed by atoms with van der Waals surface area (Å²) in [7, 11) is 0. The molecule has 3 heteroatoms. The minimum absolute atomic E-state index is 0.269. The van der Waals surface area contributed by atoms with Crippen molar-refractivity contribution in [1.82, 2.24) is 0 Å². The lowest BCUT2D eigenvalue weighted by Gasteiger charge is -2.13. The van der Waals surface area contributed by atoms with Crippen LogP contribution in [0.3, 0.4) is 0 Å². The molecular formula is C16H17FO2. The van der Waals surface area contributed by atoms with E-state index in [9.17, 15) is 9.50 Å². The predicted molar refractivity (Wildman–Crippen MR) is 72.7 cm³/mol. The first-order chi connectivity index (χ1) is 9.16. The van der Waals surface area contributed by atoms with Gasteiger partial charge in [-0.25, -0.2) is 4.39 Å². The lowest BCUT2D eigenvalue weighted by atomic mass is 10.1. The predicted octanol–water partition coefficient (Wildman–Crippen LogP) is 3.64. The van der Waals surface area contributed by atoms with Crippen molar-refractivity contribution in [3.63, 3.8) is 0 Å². The number of benzene rings is 2. The van der Waals surface area contributed by atoms with Crippen molar-refractivity contribution in [3.8, 4) is 5.75 Å². The molecule has 0 spiro atoms. The number of aliphatic hydroxyl groups is 1. The van der Waals surface area contributed by atoms with Crippen molar-refractivity contribution in [2.45, 2.75) is 19.4 Å². The molecule has 1 atom stereocenters. The average molecular weight is 260 g/mol. The Labute approximate surface area is 112 Å². The summed E-state index contributed by atoms with van der Waals surface area (Å²) >= 11 is 0. The van der Waals surface area contributed by atoms with E-state index in [0.717, 1.165) is 11.1 Å². The number of halogens is 1. The van der Waals surface area contributed by atoms with Gasteiger partial charge >= 0.3 is 0 Å². The van der Waals surface area contributed by atoms with Crippen LogP contribution in [0, 0.1) is 12.7 Å². The fraction of sp³-hybridized carbons (Fsp3) is 0.250. The first-order valence-corrected chi connectivity index (χ1v) is 6.29. The summed E-state index contributed by atoms with van der Waals surface area (Å²) < 4.78 is 18.5. The Balaban J connectivity index is 1.86. The standard InChI is InChI=1S/C16H17FO2/c1-12-11-14(17)7-8-16(12)19-10-9-15(18)13-5-3-2-4-6-13/h2-8,11,15,18H,9-10H2,1H3. The van der Waals surface area contributed by atoms with Gasteiger partial charge in [-0.05, 0) is 36.2 Å². The van der Waals surface area contributed by atoms with E-state index in [1.165, 1.54) is 12.1 Å². The number of hydrogen-bond donors (Lipinski definition) is 1. The molecule has 2 rings (SSSR count). The quantitative estimate of drug-likeness (QED) is 0.889. The van der Waals surface area contributed by atoms with E-state index >= 15 is 0 Å². The summed E-state index contributed by atoms with van der Waals surface area (Å²) in [4.78, 5) is 0. The maximum absolute atomic E-state index is 12.9. The maximum atomic E-state index is 12.9. The maximum Gasteiger partial charge on any atom is 0.123 e. The van der Waals surface area contributed by atoms with Gasteiger partial charge in [0.2, 0.25) is 0 Å². The van der Waals surface area contributed by atoms with Gasteiger partial charge in [-0.3, -0.25) is 0 Å². The highest BCUT2D eigenvalue weighted by atomic mass is 19.1. The van der Waals surface area contributed by atoms with Crippen molar-refractivity contribution in [1.29, 1.82) is 0 Å². The smallest absolute Gasteiger partial charge is 0.123 e. The molecule has 100 valence electrons. The number of ether oxygens (including phenoxy) is 1. The van der Waals surface area contributed by atoms with Gasteiger partial charge in [0.25, 0.3) is 0 Å². The van der Waals surface area contributed by atoms with Gasteiger partial charge in [0.05, 0.1) is 12.7 Å². The second kappa shape index (κ2) is 6.34. The van der Waals surface area contributed by atoms with E-state index in [1.807, 2.05) is 30.3 Å². The zero-order valence-corrected chi connectivity index (χ0v) is 10.8. The van der Waals surface area contributed by atoms with Crippen LogP contribution < -0.4 is 4.74 Å². The second-order valence-electron chi connectivity index (χ2n) is 4.47. The van der Waals surface area contributed by atoms with E-state index in [4.69, 9.17) is 4.74 Å². The van der Waals surface area contributed by atoms with Crippen molar-refractivity contribution in [2.24, 2.45) is 0 Å². The van der Waals surface area contributed by atoms with Crippen LogP contribution in [0.2, 0.25) is 0 Å². The first kappa shape index (κ1) is 13.6. The molecule has 0 aliphatic rings. The molecule has 1 N–H and O–H groups in total. The normalized spacial score (nSPS) is 12.2. The van der Waals surface area contributed by atoms with E-state index in [2.05, 4.69) is 0 Å². The van der Waals surface area contributed by atoms with Crippen molar-refractivity contribution < 1.29 is 14.2 Å². The van der Waals surface area contributed by atoms with Crippen LogP contribution in [0.1, 0.15) is 23.7 Å². The Hall–Kier alpha value is -1.87. The zero-order chi connectivity index (χ0) is 13.7. The summed E-state index contributed by atoms with van der Waals surface area (Å²) in [5, 5.41) is 9.97. The molecule has 0 heterocycles. The molecule has 0 aliphatic carbocycles. The molecule has 0 bridgehead atoms. The molecule has 0 saturated heterocycles. The Morgan fingerprint density at radius 3 is 2.58 bits per heavy atom. The van der Waals surface area contributed by atoms with Crippen molar-refractivity contribution >= 4 is 0 Å². The second-order valence-corrected chi connectivity index (χ2v) is 4.47. The van der Waals surface area contributed by atoms with Gasteiger partial charge in [0.15, 0.2) is 0 Å². The first-order valence-electron chi connectivity index (χ1n) is 6.29. The molecule has 2 aromatic carbocycles. The van der Waals surface area contributed by atoms with Crippen molar-refractivity contribution in [3.05, 3.63) is 65.5 Å². The number of aliphatic hydroxyl groups excluding tert-OH is 1. The monoisotopic (exact) mass is 260 g/mol. The van der Waals surface area contributed by atoms with Gasteiger partial charge in [0, 0.05) is 6.42 Å². The van der Waals surface area contributed by atoms with Crippen LogP contribution >= 0.6 is 0 Å². The largest absolute Gasteiger partial charge is 0.493 e. The number of hydrogen-bond acceptors (Lipinski definition) is 2. The van der Waals surface area contributed by atoms with Crippen molar-refractivity contribution in [2.75, 3.05) is 6.61 Å². The summed E-state index contributed by atoms with van der Waals surface area (Å²) in [5.74, 6) is 0.385. The zero-order valence-electron chi connectivity index (χ0n) is 10.8. The molecule has 19 heavy (non-hydrogen) atoms. The molecule has 0 aliphatic heterocycles. The van der Waals surface area contributed by atoms with Crippen LogP contribution in [0.5, 0.6) is 5.75 Å². The van der Waals surface area contributed by atoms with E-state index in [1.54, 1.807) is 13.0 Å². The molecule has 0 fully saturated rings. The Morgan fingerprint density at radius 1 is 1.16 bits per heavy atom. The van der Waals surface area contributed by atoms with Crippen LogP contribution in [0.4, 0.5) is 4.39 Å². The minimum atomic E-state index is -0.540. The fourth-order valence-corrected chi connectivity index (χ4v) is 1.90. The third-order valence-electron chi connectivity index (χ3n) is 2.97. The van der Waals surface area contributed by atoms with Gasteiger partial charge in [-0.15, -0.1) is 0 Å². The number of aryl methyl sites for hydroxylation is 1. The molecule has 0 amide bonds. The Kier molecular flexibility index (Phi) is 4.53. The SMILES string of the molecule is Cc1cc(F)ccc1OCCC(O)c1ccccc1. The third-order valence-corrected chi connectivity index (χ3v) is 2.97. The fourth-order valence-electron chi connectivity index (χ4n) is 1.90. The van der Waals surface area contributed by atoms with Crippen LogP contribution in [-0.2, 0) is 0 Å². The lowest BCUT2D eigenvalue weighted by Crippen LogP contribution is -2.06. The highest BCUT2D eigenvalue weighted by Gasteiger charge is 2.07. The summed E-state index contributed by atoms with van der Waals surface area (Å²) in [6.07, 6.45) is -0.0390. The van der Waals surface area contributed by atoms with Crippen LogP contribution in [-0.4, -0.2) is 11.7 Å². The lowest BCUT2D eigenvalue weighted by molar-refractivity contribution is 0.140. The third kappa shape index (κ3) is 3.80. The van der Waals surface area contributed by atoms with Gasteiger partial charge in [0.1, 0.15) is 11.6 Å². The molecule has 2 nitrogen and oxygen atoms in total. The topological polar surface area (TPSA) is 29.5 Å². The highest BCUT2D eigenvalue weighted by Crippen LogP contribution is 2.20. The van der Waals surface area contributed by atoms with Gasteiger partial charge < -0.3 is 9.84 Å². The van der Waals surface area contributed by atoms with Crippen LogP contribution in [0.15, 0.2) is 48.5 Å². The van der Waals surface area contributed by atoms with E-state index in [0.29, 0.717) is 18.8 Å². The van der Waals surface area contributed by atoms with Crippen LogP contribution in [0.25, 0.3) is 0 Å². The Morgan fingerprint density at radius 2 is 1.89 bits per heavy atom. The highest BCUT2D eigenvalue weighted by molar-refractivity contribution is 5.32. The number of rotatable bonds is 5. The van der Waals surface area contributed by atoms with Gasteiger partial charge in [-0.1, -0.05) is 30.3 Å². The van der Waals surface area contributed by atoms with Gasteiger partial charge in [-0.2, -0.15) is 0 Å². The molecule has 0 radical (unpaired) electrons. The van der Waals surface area contributed by atoms with E-state index < -0.39 is 6.10 Å².